The molecule has 0 heterocycles. The summed E-state index contributed by atoms with van der Waals surface area (Å²) in [4.78, 5) is 12.4. The quantitative estimate of drug-likeness (QED) is 0.874. The Morgan fingerprint density at radius 3 is 2.43 bits per heavy atom. The minimum atomic E-state index is -0.634. The summed E-state index contributed by atoms with van der Waals surface area (Å²) in [5.74, 6) is 0.0244. The Hall–Kier alpha value is -1.35. The van der Waals surface area contributed by atoms with Crippen LogP contribution >= 0.6 is 0 Å². The molecule has 21 heavy (non-hydrogen) atoms. The predicted molar refractivity (Wildman–Crippen MR) is 87.1 cm³/mol. The number of nitrogens with one attached hydrogen (secondary N) is 1. The molecule has 1 fully saturated rings. The molecule has 0 aromatic heterocycles. The number of hydrogen-bond donors (Lipinski definition) is 2. The fraction of sp³-hybridized carbons (Fsp3) is 0.611. The van der Waals surface area contributed by atoms with Crippen molar-refractivity contribution in [3.8, 4) is 0 Å². The van der Waals surface area contributed by atoms with Crippen molar-refractivity contribution in [1.82, 2.24) is 5.32 Å². The number of carbonyl (C=O) groups excluding carboxylic acids is 1. The van der Waals surface area contributed by atoms with Crippen molar-refractivity contribution in [2.45, 2.75) is 69.9 Å². The van der Waals surface area contributed by atoms with Crippen molar-refractivity contribution in [1.29, 1.82) is 0 Å². The van der Waals surface area contributed by atoms with Gasteiger partial charge in [-0.3, -0.25) is 4.79 Å². The van der Waals surface area contributed by atoms with Crippen LogP contribution in [0.3, 0.4) is 0 Å². The van der Waals surface area contributed by atoms with E-state index < -0.39 is 5.54 Å². The molecule has 0 aliphatic heterocycles. The lowest BCUT2D eigenvalue weighted by Crippen LogP contribution is -2.54. The maximum absolute atomic E-state index is 12.4. The molecule has 1 aliphatic carbocycles. The molecule has 1 saturated carbocycles. The summed E-state index contributed by atoms with van der Waals surface area (Å²) in [5, 5.41) is 3.12. The van der Waals surface area contributed by atoms with Gasteiger partial charge in [0.15, 0.2) is 0 Å². The summed E-state index contributed by atoms with van der Waals surface area (Å²) < 4.78 is 0. The SMILES string of the molecule is CC(CC(C)(C)c1ccccc1)NC(=O)C1(N)CCCC1. The van der Waals surface area contributed by atoms with E-state index in [2.05, 4.69) is 50.4 Å². The van der Waals surface area contributed by atoms with Gasteiger partial charge in [-0.15, -0.1) is 0 Å². The fourth-order valence-electron chi connectivity index (χ4n) is 3.42. The zero-order valence-electron chi connectivity index (χ0n) is 13.5. The van der Waals surface area contributed by atoms with E-state index in [1.54, 1.807) is 0 Å². The average molecular weight is 288 g/mol. The number of hydrogen-bond acceptors (Lipinski definition) is 2. The lowest BCUT2D eigenvalue weighted by Gasteiger charge is -2.31. The van der Waals surface area contributed by atoms with Gasteiger partial charge in [0.25, 0.3) is 0 Å². The molecule has 0 spiro atoms. The first-order chi connectivity index (χ1) is 9.83. The first kappa shape index (κ1) is 16.0. The molecule has 2 rings (SSSR count). The van der Waals surface area contributed by atoms with E-state index in [0.29, 0.717) is 0 Å². The van der Waals surface area contributed by atoms with Gasteiger partial charge in [0.05, 0.1) is 5.54 Å². The first-order valence-corrected chi connectivity index (χ1v) is 7.99. The van der Waals surface area contributed by atoms with E-state index in [1.165, 1.54) is 5.56 Å². The lowest BCUT2D eigenvalue weighted by molar-refractivity contribution is -0.126. The summed E-state index contributed by atoms with van der Waals surface area (Å²) in [7, 11) is 0. The van der Waals surface area contributed by atoms with Crippen LogP contribution in [0, 0.1) is 0 Å². The largest absolute Gasteiger partial charge is 0.352 e. The Bertz CT molecular complexity index is 475. The Kier molecular flexibility index (Phi) is 4.72. The van der Waals surface area contributed by atoms with Crippen molar-refractivity contribution in [2.24, 2.45) is 5.73 Å². The Morgan fingerprint density at radius 2 is 1.86 bits per heavy atom. The molecule has 1 unspecified atom stereocenters. The molecule has 0 radical (unpaired) electrons. The lowest BCUT2D eigenvalue weighted by atomic mass is 9.79. The van der Waals surface area contributed by atoms with E-state index in [9.17, 15) is 4.79 Å². The summed E-state index contributed by atoms with van der Waals surface area (Å²) in [6.45, 7) is 6.51. The van der Waals surface area contributed by atoms with Crippen molar-refractivity contribution in [2.75, 3.05) is 0 Å². The maximum atomic E-state index is 12.4. The second kappa shape index (κ2) is 6.18. The van der Waals surface area contributed by atoms with Gasteiger partial charge in [0.1, 0.15) is 0 Å². The second-order valence-corrected chi connectivity index (χ2v) is 7.19. The van der Waals surface area contributed by atoms with E-state index in [0.717, 1.165) is 32.1 Å². The molecule has 1 aliphatic rings. The van der Waals surface area contributed by atoms with Crippen molar-refractivity contribution in [3.05, 3.63) is 35.9 Å². The van der Waals surface area contributed by atoms with Crippen LogP contribution in [-0.2, 0) is 10.2 Å². The minimum Gasteiger partial charge on any atom is -0.352 e. The summed E-state index contributed by atoms with van der Waals surface area (Å²) in [5.41, 5.74) is 6.91. The molecule has 116 valence electrons. The van der Waals surface area contributed by atoms with Gasteiger partial charge in [-0.1, -0.05) is 57.0 Å². The van der Waals surface area contributed by atoms with Crippen LogP contribution < -0.4 is 11.1 Å². The van der Waals surface area contributed by atoms with Crippen LogP contribution in [-0.4, -0.2) is 17.5 Å². The van der Waals surface area contributed by atoms with Crippen LogP contribution in [0.5, 0.6) is 0 Å². The number of nitrogens with two attached hydrogens (primary N) is 1. The maximum Gasteiger partial charge on any atom is 0.240 e. The van der Waals surface area contributed by atoms with Gasteiger partial charge in [0.2, 0.25) is 5.91 Å². The molecule has 3 heteroatoms. The summed E-state index contributed by atoms with van der Waals surface area (Å²) >= 11 is 0. The third-order valence-electron chi connectivity index (χ3n) is 4.70. The highest BCUT2D eigenvalue weighted by atomic mass is 16.2. The zero-order chi connectivity index (χ0) is 15.5. The van der Waals surface area contributed by atoms with Crippen LogP contribution in [0.1, 0.15) is 58.4 Å². The third-order valence-corrected chi connectivity index (χ3v) is 4.70. The topological polar surface area (TPSA) is 55.1 Å². The highest BCUT2D eigenvalue weighted by Crippen LogP contribution is 2.30. The van der Waals surface area contributed by atoms with Crippen molar-refractivity contribution >= 4 is 5.91 Å². The van der Waals surface area contributed by atoms with E-state index >= 15 is 0 Å². The fourth-order valence-corrected chi connectivity index (χ4v) is 3.42. The Balaban J connectivity index is 1.95. The van der Waals surface area contributed by atoms with Gasteiger partial charge in [-0.25, -0.2) is 0 Å². The van der Waals surface area contributed by atoms with Gasteiger partial charge >= 0.3 is 0 Å². The number of benzene rings is 1. The Morgan fingerprint density at radius 1 is 1.29 bits per heavy atom. The minimum absolute atomic E-state index is 0.0244. The van der Waals surface area contributed by atoms with E-state index in [-0.39, 0.29) is 17.4 Å². The van der Waals surface area contributed by atoms with Crippen LogP contribution in [0.15, 0.2) is 30.3 Å². The molecule has 0 saturated heterocycles. The summed E-state index contributed by atoms with van der Waals surface area (Å²) in [6, 6.07) is 10.6. The number of rotatable bonds is 5. The molecular weight excluding hydrogens is 260 g/mol. The van der Waals surface area contributed by atoms with Crippen LogP contribution in [0.4, 0.5) is 0 Å². The monoisotopic (exact) mass is 288 g/mol. The van der Waals surface area contributed by atoms with Crippen molar-refractivity contribution < 1.29 is 4.79 Å². The van der Waals surface area contributed by atoms with Gasteiger partial charge in [-0.05, 0) is 37.2 Å². The standard InChI is InChI=1S/C18H28N2O/c1-14(20-16(21)18(19)11-7-8-12-18)13-17(2,3)15-9-5-4-6-10-15/h4-6,9-10,14H,7-8,11-13,19H2,1-3H3,(H,20,21). The third kappa shape index (κ3) is 3.85. The molecule has 3 nitrogen and oxygen atoms in total. The van der Waals surface area contributed by atoms with Crippen LogP contribution in [0.25, 0.3) is 0 Å². The van der Waals surface area contributed by atoms with Gasteiger partial charge in [0, 0.05) is 6.04 Å². The molecule has 1 aromatic carbocycles. The number of carbonyl (C=O) groups is 1. The van der Waals surface area contributed by atoms with Crippen molar-refractivity contribution in [3.63, 3.8) is 0 Å². The molecule has 1 aromatic rings. The van der Waals surface area contributed by atoms with Gasteiger partial charge in [-0.2, -0.15) is 0 Å². The van der Waals surface area contributed by atoms with Gasteiger partial charge < -0.3 is 11.1 Å². The highest BCUT2D eigenvalue weighted by molar-refractivity contribution is 5.86. The molecule has 3 N–H and O–H groups in total. The Labute approximate surface area is 128 Å². The number of amides is 1. The molecule has 1 atom stereocenters. The average Bonchev–Trinajstić information content (AvgIpc) is 2.87. The highest BCUT2D eigenvalue weighted by Gasteiger charge is 2.37. The predicted octanol–water partition coefficient (Wildman–Crippen LogP) is 3.13. The van der Waals surface area contributed by atoms with E-state index in [4.69, 9.17) is 5.73 Å². The molecule has 1 amide bonds. The second-order valence-electron chi connectivity index (χ2n) is 7.19. The zero-order valence-corrected chi connectivity index (χ0v) is 13.5. The van der Waals surface area contributed by atoms with Crippen LogP contribution in [0.2, 0.25) is 0 Å². The summed E-state index contributed by atoms with van der Waals surface area (Å²) in [6.07, 6.45) is 4.65. The van der Waals surface area contributed by atoms with E-state index in [1.807, 2.05) is 6.07 Å². The first-order valence-electron chi connectivity index (χ1n) is 7.99. The molecule has 0 bridgehead atoms. The molecular formula is C18H28N2O. The smallest absolute Gasteiger partial charge is 0.240 e. The normalized spacial score (nSPS) is 19.2.